The minimum atomic E-state index is -3.61. The fraction of sp³-hybridized carbons (Fsp3) is 0.375. The second-order valence-electron chi connectivity index (χ2n) is 5.82. The number of methoxy groups -OCH3 is 1. The topological polar surface area (TPSA) is 88.1 Å². The first-order chi connectivity index (χ1) is 11.4. The van der Waals surface area contributed by atoms with Crippen LogP contribution in [-0.2, 0) is 15.0 Å². The predicted octanol–water partition coefficient (Wildman–Crippen LogP) is 1.20. The SMILES string of the molecule is COc1cccc(C(C)C(=O)N2CCC3=C(C=NS(=O)(=O)N3)C2)c1. The summed E-state index contributed by atoms with van der Waals surface area (Å²) in [5, 5.41) is 0. The molecule has 1 aromatic rings. The molecule has 2 aliphatic rings. The molecule has 0 fully saturated rings. The minimum absolute atomic E-state index is 0.00312. The van der Waals surface area contributed by atoms with Crippen LogP contribution in [0.25, 0.3) is 0 Å². The van der Waals surface area contributed by atoms with E-state index in [2.05, 4.69) is 9.12 Å². The van der Waals surface area contributed by atoms with Crippen molar-refractivity contribution >= 4 is 22.3 Å². The van der Waals surface area contributed by atoms with Crippen molar-refractivity contribution in [2.24, 2.45) is 4.40 Å². The zero-order chi connectivity index (χ0) is 17.3. The number of amides is 1. The smallest absolute Gasteiger partial charge is 0.341 e. The Morgan fingerprint density at radius 2 is 2.21 bits per heavy atom. The van der Waals surface area contributed by atoms with E-state index in [4.69, 9.17) is 4.74 Å². The monoisotopic (exact) mass is 349 g/mol. The van der Waals surface area contributed by atoms with E-state index in [0.29, 0.717) is 31.0 Å². The molecule has 1 atom stereocenters. The quantitative estimate of drug-likeness (QED) is 0.888. The van der Waals surface area contributed by atoms with E-state index in [-0.39, 0.29) is 11.8 Å². The van der Waals surface area contributed by atoms with Gasteiger partial charge in [0, 0.05) is 37.0 Å². The Labute approximate surface area is 141 Å². The van der Waals surface area contributed by atoms with Crippen LogP contribution in [0.3, 0.4) is 0 Å². The van der Waals surface area contributed by atoms with Crippen molar-refractivity contribution in [2.45, 2.75) is 19.3 Å². The fourth-order valence-corrected chi connectivity index (χ4v) is 3.72. The second kappa shape index (κ2) is 6.27. The lowest BCUT2D eigenvalue weighted by Gasteiger charge is -2.32. The van der Waals surface area contributed by atoms with Gasteiger partial charge in [-0.05, 0) is 24.6 Å². The molecule has 1 aromatic carbocycles. The molecule has 8 heteroatoms. The molecule has 0 bridgehead atoms. The lowest BCUT2D eigenvalue weighted by atomic mass is 9.97. The summed E-state index contributed by atoms with van der Waals surface area (Å²) in [7, 11) is -2.02. The average molecular weight is 349 g/mol. The lowest BCUT2D eigenvalue weighted by Crippen LogP contribution is -2.43. The molecule has 0 radical (unpaired) electrons. The third-order valence-corrected chi connectivity index (χ3v) is 5.14. The van der Waals surface area contributed by atoms with Gasteiger partial charge in [-0.1, -0.05) is 12.1 Å². The van der Waals surface area contributed by atoms with E-state index in [1.54, 1.807) is 12.0 Å². The van der Waals surface area contributed by atoms with Gasteiger partial charge in [0.1, 0.15) is 5.75 Å². The van der Waals surface area contributed by atoms with E-state index in [0.717, 1.165) is 11.1 Å². The van der Waals surface area contributed by atoms with Gasteiger partial charge in [0.15, 0.2) is 0 Å². The molecule has 2 heterocycles. The van der Waals surface area contributed by atoms with Crippen molar-refractivity contribution in [1.82, 2.24) is 9.62 Å². The van der Waals surface area contributed by atoms with Gasteiger partial charge < -0.3 is 9.64 Å². The van der Waals surface area contributed by atoms with Crippen LogP contribution in [0.5, 0.6) is 5.75 Å². The zero-order valence-corrected chi connectivity index (χ0v) is 14.3. The van der Waals surface area contributed by atoms with Crippen molar-refractivity contribution in [3.05, 3.63) is 41.1 Å². The third kappa shape index (κ3) is 3.28. The number of benzene rings is 1. The molecular formula is C16H19N3O4S. The number of carbonyl (C=O) groups excluding carboxylic acids is 1. The molecule has 24 heavy (non-hydrogen) atoms. The Morgan fingerprint density at radius 3 is 2.96 bits per heavy atom. The summed E-state index contributed by atoms with van der Waals surface area (Å²) in [6, 6.07) is 7.45. The Bertz CT molecular complexity index is 829. The van der Waals surface area contributed by atoms with Crippen LogP contribution in [0.2, 0.25) is 0 Å². The van der Waals surface area contributed by atoms with Crippen molar-refractivity contribution in [3.8, 4) is 5.75 Å². The predicted molar refractivity (Wildman–Crippen MR) is 90.2 cm³/mol. The molecule has 3 rings (SSSR count). The first-order valence-electron chi connectivity index (χ1n) is 7.62. The highest BCUT2D eigenvalue weighted by Gasteiger charge is 2.29. The maximum atomic E-state index is 12.8. The molecule has 7 nitrogen and oxygen atoms in total. The molecule has 0 aromatic heterocycles. The standard InChI is InChI=1S/C16H19N3O4S/c1-11(12-4-3-5-14(8-12)23-2)16(20)19-7-6-15-13(10-19)9-17-24(21,22)18-15/h3-5,8-9,11,18H,6-7,10H2,1-2H3. The van der Waals surface area contributed by atoms with Crippen LogP contribution in [0.4, 0.5) is 0 Å². The summed E-state index contributed by atoms with van der Waals surface area (Å²) in [5.41, 5.74) is 2.25. The second-order valence-corrected chi connectivity index (χ2v) is 7.19. The van der Waals surface area contributed by atoms with E-state index in [1.807, 2.05) is 31.2 Å². The van der Waals surface area contributed by atoms with Crippen LogP contribution in [-0.4, -0.2) is 45.6 Å². The number of carbonyl (C=O) groups is 1. The number of ether oxygens (including phenoxy) is 1. The third-order valence-electron chi connectivity index (χ3n) is 4.26. The van der Waals surface area contributed by atoms with Gasteiger partial charge in [-0.2, -0.15) is 12.8 Å². The van der Waals surface area contributed by atoms with Gasteiger partial charge >= 0.3 is 10.2 Å². The van der Waals surface area contributed by atoms with Crippen LogP contribution in [0, 0.1) is 0 Å². The maximum Gasteiger partial charge on any atom is 0.341 e. The summed E-state index contributed by atoms with van der Waals surface area (Å²) in [6.07, 6.45) is 1.80. The molecule has 1 unspecified atom stereocenters. The largest absolute Gasteiger partial charge is 0.497 e. The maximum absolute atomic E-state index is 12.8. The first-order valence-corrected chi connectivity index (χ1v) is 9.06. The normalized spacial score (nSPS) is 20.2. The molecular weight excluding hydrogens is 330 g/mol. The summed E-state index contributed by atoms with van der Waals surface area (Å²) < 4.78 is 34.0. The molecule has 0 saturated heterocycles. The number of nitrogens with zero attached hydrogens (tertiary/aromatic N) is 2. The lowest BCUT2D eigenvalue weighted by molar-refractivity contribution is -0.132. The molecule has 2 aliphatic heterocycles. The fourth-order valence-electron chi connectivity index (χ4n) is 2.85. The minimum Gasteiger partial charge on any atom is -0.497 e. The van der Waals surface area contributed by atoms with Gasteiger partial charge in [0.05, 0.1) is 13.0 Å². The van der Waals surface area contributed by atoms with Gasteiger partial charge in [-0.15, -0.1) is 0 Å². The van der Waals surface area contributed by atoms with Crippen LogP contribution >= 0.6 is 0 Å². The van der Waals surface area contributed by atoms with E-state index in [9.17, 15) is 13.2 Å². The van der Waals surface area contributed by atoms with Crippen LogP contribution < -0.4 is 9.46 Å². The van der Waals surface area contributed by atoms with Crippen molar-refractivity contribution in [1.29, 1.82) is 0 Å². The molecule has 1 N–H and O–H groups in total. The van der Waals surface area contributed by atoms with E-state index < -0.39 is 10.2 Å². The van der Waals surface area contributed by atoms with E-state index in [1.165, 1.54) is 6.21 Å². The molecule has 0 aliphatic carbocycles. The Hall–Kier alpha value is -2.35. The Kier molecular flexibility index (Phi) is 4.31. The number of nitrogens with one attached hydrogen (secondary N) is 1. The summed E-state index contributed by atoms with van der Waals surface area (Å²) in [4.78, 5) is 14.5. The molecule has 128 valence electrons. The van der Waals surface area contributed by atoms with E-state index >= 15 is 0 Å². The number of rotatable bonds is 3. The van der Waals surface area contributed by atoms with Gasteiger partial charge in [-0.25, -0.2) is 0 Å². The molecule has 0 spiro atoms. The highest BCUT2D eigenvalue weighted by Crippen LogP contribution is 2.25. The van der Waals surface area contributed by atoms with Crippen molar-refractivity contribution in [3.63, 3.8) is 0 Å². The summed E-state index contributed by atoms with van der Waals surface area (Å²) in [5.74, 6) is 0.403. The Morgan fingerprint density at radius 1 is 1.42 bits per heavy atom. The first kappa shape index (κ1) is 16.5. The average Bonchev–Trinajstić information content (AvgIpc) is 2.59. The Balaban J connectivity index is 1.75. The van der Waals surface area contributed by atoms with Gasteiger partial charge in [0.25, 0.3) is 0 Å². The zero-order valence-electron chi connectivity index (χ0n) is 13.5. The molecule has 1 amide bonds. The number of hydrogen-bond acceptors (Lipinski definition) is 4. The summed E-state index contributed by atoms with van der Waals surface area (Å²) in [6.45, 7) is 2.69. The number of hydrogen-bond donors (Lipinski definition) is 1. The summed E-state index contributed by atoms with van der Waals surface area (Å²) >= 11 is 0. The van der Waals surface area contributed by atoms with Crippen LogP contribution in [0.15, 0.2) is 39.9 Å². The highest BCUT2D eigenvalue weighted by molar-refractivity contribution is 7.88. The van der Waals surface area contributed by atoms with Gasteiger partial charge in [-0.3, -0.25) is 9.52 Å². The van der Waals surface area contributed by atoms with Crippen molar-refractivity contribution < 1.29 is 17.9 Å². The van der Waals surface area contributed by atoms with Gasteiger partial charge in [0.2, 0.25) is 5.91 Å². The molecule has 0 saturated carbocycles. The van der Waals surface area contributed by atoms with Crippen LogP contribution in [0.1, 0.15) is 24.8 Å². The van der Waals surface area contributed by atoms with Crippen molar-refractivity contribution in [2.75, 3.05) is 20.2 Å². The highest BCUT2D eigenvalue weighted by atomic mass is 32.2.